The van der Waals surface area contributed by atoms with E-state index in [-0.39, 0.29) is 36.0 Å². The zero-order chi connectivity index (χ0) is 20.0. The van der Waals surface area contributed by atoms with Crippen molar-refractivity contribution in [3.8, 4) is 5.75 Å². The van der Waals surface area contributed by atoms with Gasteiger partial charge in [0.15, 0.2) is 5.96 Å². The predicted octanol–water partition coefficient (Wildman–Crippen LogP) is 3.57. The molecule has 0 fully saturated rings. The Balaban J connectivity index is 0.00000729. The SMILES string of the molecule is CCOCCCNC(=NCc1ccc(OC)cc1)NCC(CC)(CC)CO.I. The predicted molar refractivity (Wildman–Crippen MR) is 127 cm³/mol. The van der Waals surface area contributed by atoms with Gasteiger partial charge in [0.25, 0.3) is 0 Å². The van der Waals surface area contributed by atoms with Crippen LogP contribution < -0.4 is 15.4 Å². The van der Waals surface area contributed by atoms with E-state index in [1.54, 1.807) is 7.11 Å². The zero-order valence-electron chi connectivity index (χ0n) is 17.8. The summed E-state index contributed by atoms with van der Waals surface area (Å²) in [5, 5.41) is 16.6. The van der Waals surface area contributed by atoms with E-state index >= 15 is 0 Å². The van der Waals surface area contributed by atoms with Crippen molar-refractivity contribution in [1.29, 1.82) is 0 Å². The molecule has 3 N–H and O–H groups in total. The molecule has 0 unspecified atom stereocenters. The third kappa shape index (κ3) is 9.93. The van der Waals surface area contributed by atoms with Crippen LogP contribution in [-0.4, -0.2) is 51.1 Å². The molecule has 0 atom stereocenters. The Morgan fingerprint density at radius 2 is 1.79 bits per heavy atom. The van der Waals surface area contributed by atoms with Crippen LogP contribution in [0.3, 0.4) is 0 Å². The minimum Gasteiger partial charge on any atom is -0.497 e. The molecule has 0 saturated heterocycles. The summed E-state index contributed by atoms with van der Waals surface area (Å²) in [4.78, 5) is 4.70. The molecule has 6 nitrogen and oxygen atoms in total. The van der Waals surface area contributed by atoms with E-state index in [9.17, 15) is 5.11 Å². The summed E-state index contributed by atoms with van der Waals surface area (Å²) in [6, 6.07) is 7.92. The quantitative estimate of drug-likeness (QED) is 0.165. The van der Waals surface area contributed by atoms with Crippen molar-refractivity contribution < 1.29 is 14.6 Å². The third-order valence-corrected chi connectivity index (χ3v) is 5.01. The lowest BCUT2D eigenvalue weighted by Gasteiger charge is -2.30. The van der Waals surface area contributed by atoms with Gasteiger partial charge in [-0.25, -0.2) is 4.99 Å². The van der Waals surface area contributed by atoms with Crippen molar-refractivity contribution in [2.75, 3.05) is 40.0 Å². The van der Waals surface area contributed by atoms with Gasteiger partial charge in [0.05, 0.1) is 20.3 Å². The first-order valence-electron chi connectivity index (χ1n) is 9.96. The van der Waals surface area contributed by atoms with Crippen LogP contribution in [0.5, 0.6) is 5.75 Å². The molecule has 7 heteroatoms. The summed E-state index contributed by atoms with van der Waals surface area (Å²) < 4.78 is 10.6. The number of hydrogen-bond donors (Lipinski definition) is 3. The smallest absolute Gasteiger partial charge is 0.191 e. The van der Waals surface area contributed by atoms with E-state index in [1.165, 1.54) is 0 Å². The van der Waals surface area contributed by atoms with Crippen molar-refractivity contribution in [2.45, 2.75) is 46.6 Å². The highest BCUT2D eigenvalue weighted by Gasteiger charge is 2.25. The molecule has 0 aromatic heterocycles. The van der Waals surface area contributed by atoms with Crippen LogP contribution in [0, 0.1) is 5.41 Å². The first kappa shape index (κ1) is 26.9. The van der Waals surface area contributed by atoms with Gasteiger partial charge in [-0.05, 0) is 43.9 Å². The highest BCUT2D eigenvalue weighted by molar-refractivity contribution is 14.0. The number of guanidine groups is 1. The number of aliphatic hydroxyl groups is 1. The van der Waals surface area contributed by atoms with E-state index in [4.69, 9.17) is 14.5 Å². The molecule has 1 rings (SSSR count). The molecule has 0 heterocycles. The molecule has 0 aliphatic rings. The highest BCUT2D eigenvalue weighted by Crippen LogP contribution is 2.24. The molecule has 0 amide bonds. The van der Waals surface area contributed by atoms with Crippen LogP contribution in [-0.2, 0) is 11.3 Å². The molecular formula is C21H38IN3O3. The molecule has 0 radical (unpaired) electrons. The number of rotatable bonds is 13. The standard InChI is InChI=1S/C21H37N3O3.HI/c1-5-21(6-2,17-25)16-24-20(22-13-8-14-27-7-3)23-15-18-9-11-19(26-4)12-10-18;/h9-12,25H,5-8,13-17H2,1-4H3,(H2,22,23,24);1H. The summed E-state index contributed by atoms with van der Waals surface area (Å²) in [5.41, 5.74) is 0.999. The van der Waals surface area contributed by atoms with Crippen molar-refractivity contribution in [3.05, 3.63) is 29.8 Å². The molecule has 1 aromatic rings. The number of hydrogen-bond acceptors (Lipinski definition) is 4. The number of methoxy groups -OCH3 is 1. The molecule has 0 saturated carbocycles. The first-order chi connectivity index (χ1) is 13.1. The van der Waals surface area contributed by atoms with Crippen LogP contribution in [0.1, 0.15) is 45.6 Å². The zero-order valence-corrected chi connectivity index (χ0v) is 20.1. The van der Waals surface area contributed by atoms with Gasteiger partial charge in [-0.3, -0.25) is 0 Å². The second-order valence-corrected chi connectivity index (χ2v) is 6.71. The number of aliphatic hydroxyl groups excluding tert-OH is 1. The second-order valence-electron chi connectivity index (χ2n) is 6.71. The van der Waals surface area contributed by atoms with Crippen LogP contribution in [0.15, 0.2) is 29.3 Å². The Bertz CT molecular complexity index is 526. The van der Waals surface area contributed by atoms with E-state index in [1.807, 2.05) is 31.2 Å². The Kier molecular flexibility index (Phi) is 15.2. The molecular weight excluding hydrogens is 469 g/mol. The van der Waals surface area contributed by atoms with Crippen LogP contribution in [0.4, 0.5) is 0 Å². The van der Waals surface area contributed by atoms with Gasteiger partial charge >= 0.3 is 0 Å². The van der Waals surface area contributed by atoms with Crippen molar-refractivity contribution in [2.24, 2.45) is 10.4 Å². The molecule has 1 aromatic carbocycles. The minimum absolute atomic E-state index is 0. The minimum atomic E-state index is -0.117. The lowest BCUT2D eigenvalue weighted by atomic mass is 9.83. The van der Waals surface area contributed by atoms with E-state index in [2.05, 4.69) is 24.5 Å². The van der Waals surface area contributed by atoms with Gasteiger partial charge in [0.1, 0.15) is 5.75 Å². The fourth-order valence-corrected chi connectivity index (χ4v) is 2.65. The van der Waals surface area contributed by atoms with Crippen LogP contribution in [0.2, 0.25) is 0 Å². The fourth-order valence-electron chi connectivity index (χ4n) is 2.65. The summed E-state index contributed by atoms with van der Waals surface area (Å²) in [7, 11) is 1.66. The molecule has 162 valence electrons. The van der Waals surface area contributed by atoms with Crippen molar-refractivity contribution >= 4 is 29.9 Å². The average Bonchev–Trinajstić information content (AvgIpc) is 2.72. The monoisotopic (exact) mass is 507 g/mol. The Hall–Kier alpha value is -1.06. The number of aliphatic imine (C=N–C) groups is 1. The number of benzene rings is 1. The van der Waals surface area contributed by atoms with Gasteiger partial charge in [0, 0.05) is 31.7 Å². The largest absolute Gasteiger partial charge is 0.497 e. The summed E-state index contributed by atoms with van der Waals surface area (Å²) in [6.45, 7) is 9.94. The number of halogens is 1. The molecule has 0 aliphatic carbocycles. The fraction of sp³-hybridized carbons (Fsp3) is 0.667. The maximum atomic E-state index is 9.79. The van der Waals surface area contributed by atoms with E-state index < -0.39 is 0 Å². The van der Waals surface area contributed by atoms with Crippen LogP contribution in [0.25, 0.3) is 0 Å². The maximum Gasteiger partial charge on any atom is 0.191 e. The first-order valence-corrected chi connectivity index (χ1v) is 9.96. The van der Waals surface area contributed by atoms with Gasteiger partial charge in [-0.1, -0.05) is 26.0 Å². The van der Waals surface area contributed by atoms with Crippen molar-refractivity contribution in [1.82, 2.24) is 10.6 Å². The second kappa shape index (κ2) is 15.8. The molecule has 28 heavy (non-hydrogen) atoms. The number of nitrogens with one attached hydrogen (secondary N) is 2. The lowest BCUT2D eigenvalue weighted by Crippen LogP contribution is -2.45. The van der Waals surface area contributed by atoms with E-state index in [0.29, 0.717) is 13.1 Å². The molecule has 0 bridgehead atoms. The molecule has 0 aliphatic heterocycles. The number of nitrogens with zero attached hydrogens (tertiary/aromatic N) is 1. The summed E-state index contributed by atoms with van der Waals surface area (Å²) in [6.07, 6.45) is 2.76. The van der Waals surface area contributed by atoms with E-state index in [0.717, 1.165) is 56.3 Å². The molecule has 0 spiro atoms. The Morgan fingerprint density at radius 1 is 1.11 bits per heavy atom. The summed E-state index contributed by atoms with van der Waals surface area (Å²) >= 11 is 0. The lowest BCUT2D eigenvalue weighted by molar-refractivity contribution is 0.118. The summed E-state index contributed by atoms with van der Waals surface area (Å²) in [5.74, 6) is 1.61. The Morgan fingerprint density at radius 3 is 2.32 bits per heavy atom. The van der Waals surface area contributed by atoms with Crippen LogP contribution >= 0.6 is 24.0 Å². The van der Waals surface area contributed by atoms with Gasteiger partial charge < -0.3 is 25.2 Å². The maximum absolute atomic E-state index is 9.79. The van der Waals surface area contributed by atoms with Crippen molar-refractivity contribution in [3.63, 3.8) is 0 Å². The van der Waals surface area contributed by atoms with Gasteiger partial charge in [-0.2, -0.15) is 0 Å². The third-order valence-electron chi connectivity index (χ3n) is 5.01. The van der Waals surface area contributed by atoms with Gasteiger partial charge in [0.2, 0.25) is 0 Å². The number of ether oxygens (including phenoxy) is 2. The normalized spacial score (nSPS) is 11.7. The Labute approximate surface area is 187 Å². The average molecular weight is 507 g/mol. The topological polar surface area (TPSA) is 75.1 Å². The van der Waals surface area contributed by atoms with Gasteiger partial charge in [-0.15, -0.1) is 24.0 Å². The highest BCUT2D eigenvalue weighted by atomic mass is 127.